The number of thiophene rings is 1. The Kier molecular flexibility index (Phi) is 3.86. The summed E-state index contributed by atoms with van der Waals surface area (Å²) >= 11 is 1.51. The number of benzene rings is 1. The molecule has 1 amide bonds. The zero-order chi connectivity index (χ0) is 17.4. The SMILES string of the molecule is N#Cc1c(N=c2oc3ccccc3cc2C(N)=O)sc2c1CCCC2. The van der Waals surface area contributed by atoms with Gasteiger partial charge in [-0.2, -0.15) is 5.26 Å². The van der Waals surface area contributed by atoms with Gasteiger partial charge in [0, 0.05) is 10.3 Å². The van der Waals surface area contributed by atoms with Crippen molar-refractivity contribution in [2.75, 3.05) is 0 Å². The van der Waals surface area contributed by atoms with E-state index in [-0.39, 0.29) is 11.1 Å². The van der Waals surface area contributed by atoms with E-state index in [1.807, 2.05) is 24.3 Å². The number of nitrogens with two attached hydrogens (primary N) is 1. The Hall–Kier alpha value is -2.91. The topological polar surface area (TPSA) is 92.4 Å². The molecule has 2 aromatic heterocycles. The van der Waals surface area contributed by atoms with Crippen molar-refractivity contribution in [1.82, 2.24) is 0 Å². The van der Waals surface area contributed by atoms with Gasteiger partial charge in [-0.3, -0.25) is 4.79 Å². The quantitative estimate of drug-likeness (QED) is 0.766. The molecular formula is C19H15N3O2S. The Bertz CT molecular complexity index is 1100. The number of fused-ring (bicyclic) bond motifs is 2. The Morgan fingerprint density at radius 1 is 1.28 bits per heavy atom. The van der Waals surface area contributed by atoms with E-state index in [4.69, 9.17) is 10.2 Å². The molecule has 25 heavy (non-hydrogen) atoms. The summed E-state index contributed by atoms with van der Waals surface area (Å²) in [4.78, 5) is 17.6. The molecule has 5 nitrogen and oxygen atoms in total. The lowest BCUT2D eigenvalue weighted by molar-refractivity contribution is 0.0996. The number of hydrogen-bond acceptors (Lipinski definition) is 5. The maximum Gasteiger partial charge on any atom is 0.254 e. The van der Waals surface area contributed by atoms with Gasteiger partial charge < -0.3 is 10.2 Å². The Morgan fingerprint density at radius 2 is 2.08 bits per heavy atom. The molecule has 4 rings (SSSR count). The van der Waals surface area contributed by atoms with Crippen LogP contribution < -0.4 is 11.3 Å². The highest BCUT2D eigenvalue weighted by Gasteiger charge is 2.21. The molecule has 0 atom stereocenters. The highest BCUT2D eigenvalue weighted by molar-refractivity contribution is 7.16. The molecule has 1 aromatic carbocycles. The van der Waals surface area contributed by atoms with Gasteiger partial charge in [0.25, 0.3) is 5.91 Å². The fourth-order valence-corrected chi connectivity index (χ4v) is 4.37. The molecule has 0 unspecified atom stereocenters. The van der Waals surface area contributed by atoms with Crippen LogP contribution in [0.5, 0.6) is 0 Å². The monoisotopic (exact) mass is 349 g/mol. The predicted octanol–water partition coefficient (Wildman–Crippen LogP) is 3.58. The predicted molar refractivity (Wildman–Crippen MR) is 95.6 cm³/mol. The zero-order valence-electron chi connectivity index (χ0n) is 13.4. The summed E-state index contributed by atoms with van der Waals surface area (Å²) in [5.74, 6) is -0.604. The highest BCUT2D eigenvalue weighted by Crippen LogP contribution is 2.39. The maximum absolute atomic E-state index is 11.8. The van der Waals surface area contributed by atoms with Gasteiger partial charge in [-0.15, -0.1) is 11.3 Å². The summed E-state index contributed by atoms with van der Waals surface area (Å²) in [5.41, 5.74) is 8.19. The summed E-state index contributed by atoms with van der Waals surface area (Å²) < 4.78 is 5.82. The number of hydrogen-bond donors (Lipinski definition) is 1. The van der Waals surface area contributed by atoms with Crippen molar-refractivity contribution < 1.29 is 9.21 Å². The van der Waals surface area contributed by atoms with Crippen molar-refractivity contribution >= 4 is 33.2 Å². The van der Waals surface area contributed by atoms with Crippen LogP contribution in [-0.2, 0) is 12.8 Å². The maximum atomic E-state index is 11.8. The fraction of sp³-hybridized carbons (Fsp3) is 0.211. The van der Waals surface area contributed by atoms with Gasteiger partial charge >= 0.3 is 0 Å². The third kappa shape index (κ3) is 2.73. The van der Waals surface area contributed by atoms with Crippen LogP contribution in [0.4, 0.5) is 5.00 Å². The molecule has 1 aliphatic carbocycles. The minimum atomic E-state index is -0.604. The summed E-state index contributed by atoms with van der Waals surface area (Å²) in [6.07, 6.45) is 4.10. The molecule has 2 heterocycles. The lowest BCUT2D eigenvalue weighted by atomic mass is 9.96. The molecule has 0 spiro atoms. The number of para-hydroxylation sites is 1. The Morgan fingerprint density at radius 3 is 2.88 bits per heavy atom. The van der Waals surface area contributed by atoms with E-state index in [1.165, 1.54) is 16.2 Å². The van der Waals surface area contributed by atoms with Crippen molar-refractivity contribution in [2.45, 2.75) is 25.7 Å². The first-order chi connectivity index (χ1) is 12.2. The zero-order valence-corrected chi connectivity index (χ0v) is 14.2. The van der Waals surface area contributed by atoms with Gasteiger partial charge in [-0.25, -0.2) is 4.99 Å². The van der Waals surface area contributed by atoms with E-state index in [0.29, 0.717) is 16.1 Å². The van der Waals surface area contributed by atoms with E-state index in [9.17, 15) is 10.1 Å². The van der Waals surface area contributed by atoms with Gasteiger partial charge in [0.15, 0.2) is 0 Å². The highest BCUT2D eigenvalue weighted by atomic mass is 32.1. The minimum Gasteiger partial charge on any atom is -0.437 e. The molecule has 1 aliphatic rings. The lowest BCUT2D eigenvalue weighted by Crippen LogP contribution is -2.21. The van der Waals surface area contributed by atoms with E-state index in [2.05, 4.69) is 11.1 Å². The average Bonchev–Trinajstić information content (AvgIpc) is 2.98. The van der Waals surface area contributed by atoms with Crippen LogP contribution in [0.1, 0.15) is 39.2 Å². The third-order valence-corrected chi connectivity index (χ3v) is 5.57. The standard InChI is InChI=1S/C19H15N3O2S/c20-10-14-12-6-2-4-8-16(12)25-19(14)22-18-13(17(21)23)9-11-5-1-3-7-15(11)24-18/h1,3,5,7,9H,2,4,6,8H2,(H2,21,23). The second-order valence-electron chi connectivity index (χ2n) is 5.98. The number of amides is 1. The molecule has 3 aromatic rings. The van der Waals surface area contributed by atoms with Crippen LogP contribution in [0.15, 0.2) is 39.7 Å². The number of nitrogens with zero attached hydrogens (tertiary/aromatic N) is 2. The van der Waals surface area contributed by atoms with E-state index < -0.39 is 5.91 Å². The molecule has 0 saturated heterocycles. The first kappa shape index (κ1) is 15.6. The number of aryl methyl sites for hydroxylation is 1. The van der Waals surface area contributed by atoms with Crippen LogP contribution in [0, 0.1) is 11.3 Å². The van der Waals surface area contributed by atoms with Crippen LogP contribution >= 0.6 is 11.3 Å². The number of nitriles is 1. The van der Waals surface area contributed by atoms with Crippen molar-refractivity contribution in [2.24, 2.45) is 10.7 Å². The Labute approximate surface area is 148 Å². The summed E-state index contributed by atoms with van der Waals surface area (Å²) in [5, 5.41) is 10.9. The largest absolute Gasteiger partial charge is 0.437 e. The molecule has 0 saturated carbocycles. The van der Waals surface area contributed by atoms with E-state index in [0.717, 1.165) is 36.6 Å². The summed E-state index contributed by atoms with van der Waals surface area (Å²) in [6, 6.07) is 11.3. The van der Waals surface area contributed by atoms with Gasteiger partial charge in [0.1, 0.15) is 22.2 Å². The van der Waals surface area contributed by atoms with Crippen LogP contribution in [0.2, 0.25) is 0 Å². The van der Waals surface area contributed by atoms with Crippen LogP contribution in [0.3, 0.4) is 0 Å². The van der Waals surface area contributed by atoms with Gasteiger partial charge in [0.2, 0.25) is 5.55 Å². The molecular weight excluding hydrogens is 334 g/mol. The summed E-state index contributed by atoms with van der Waals surface area (Å²) in [6.45, 7) is 0. The summed E-state index contributed by atoms with van der Waals surface area (Å²) in [7, 11) is 0. The third-order valence-electron chi connectivity index (χ3n) is 4.39. The van der Waals surface area contributed by atoms with Gasteiger partial charge in [0.05, 0.1) is 5.56 Å². The molecule has 0 fully saturated rings. The Balaban J connectivity index is 1.98. The van der Waals surface area contributed by atoms with Crippen molar-refractivity contribution in [3.63, 3.8) is 0 Å². The first-order valence-electron chi connectivity index (χ1n) is 8.09. The number of carbonyl (C=O) groups excluding carboxylic acids is 1. The normalized spacial score (nSPS) is 14.3. The van der Waals surface area contributed by atoms with Gasteiger partial charge in [-0.05, 0) is 43.4 Å². The number of primary amides is 1. The molecule has 0 aliphatic heterocycles. The molecule has 6 heteroatoms. The first-order valence-corrected chi connectivity index (χ1v) is 8.91. The minimum absolute atomic E-state index is 0.154. The van der Waals surface area contributed by atoms with E-state index in [1.54, 1.807) is 6.07 Å². The number of carbonyl (C=O) groups is 1. The molecule has 0 radical (unpaired) electrons. The number of rotatable bonds is 2. The van der Waals surface area contributed by atoms with Crippen molar-refractivity contribution in [1.29, 1.82) is 5.26 Å². The van der Waals surface area contributed by atoms with Crippen LogP contribution in [0.25, 0.3) is 11.0 Å². The van der Waals surface area contributed by atoms with Crippen LogP contribution in [-0.4, -0.2) is 5.91 Å². The second kappa shape index (κ2) is 6.19. The smallest absolute Gasteiger partial charge is 0.254 e. The average molecular weight is 349 g/mol. The molecule has 2 N–H and O–H groups in total. The fourth-order valence-electron chi connectivity index (χ4n) is 3.17. The van der Waals surface area contributed by atoms with Gasteiger partial charge in [-0.1, -0.05) is 18.2 Å². The lowest BCUT2D eigenvalue weighted by Gasteiger charge is -2.09. The molecule has 124 valence electrons. The van der Waals surface area contributed by atoms with E-state index >= 15 is 0 Å². The molecule has 0 bridgehead atoms. The van der Waals surface area contributed by atoms with Crippen molar-refractivity contribution in [3.05, 3.63) is 57.5 Å². The second-order valence-corrected chi connectivity index (χ2v) is 7.07. The van der Waals surface area contributed by atoms with Crippen molar-refractivity contribution in [3.8, 4) is 6.07 Å².